The fourth-order valence-corrected chi connectivity index (χ4v) is 4.34. The summed E-state index contributed by atoms with van der Waals surface area (Å²) in [5, 5.41) is 24.9. The molecule has 8 nitrogen and oxygen atoms in total. The third kappa shape index (κ3) is 4.34. The first-order valence-corrected chi connectivity index (χ1v) is 11.1. The van der Waals surface area contributed by atoms with Crippen LogP contribution in [0.4, 0.5) is 0 Å². The van der Waals surface area contributed by atoms with Crippen molar-refractivity contribution in [3.63, 3.8) is 0 Å². The Morgan fingerprint density at radius 3 is 2.61 bits per heavy atom. The lowest BCUT2D eigenvalue weighted by Gasteiger charge is -2.14. The number of nitrogens with zero attached hydrogens (tertiary/aromatic N) is 5. The average molecular weight is 465 g/mol. The van der Waals surface area contributed by atoms with Crippen LogP contribution in [0.25, 0.3) is 16.6 Å². The van der Waals surface area contributed by atoms with Gasteiger partial charge in [0, 0.05) is 22.3 Å². The molecule has 9 heteroatoms. The second-order valence-electron chi connectivity index (χ2n) is 7.90. The van der Waals surface area contributed by atoms with E-state index in [0.717, 1.165) is 46.3 Å². The zero-order valence-electron chi connectivity index (χ0n) is 18.7. The Kier molecular flexibility index (Phi) is 6.46. The predicted octanol–water partition coefficient (Wildman–Crippen LogP) is 4.72. The van der Waals surface area contributed by atoms with Gasteiger partial charge >= 0.3 is 0 Å². The van der Waals surface area contributed by atoms with Crippen LogP contribution in [0, 0.1) is 6.92 Å². The molecule has 0 aliphatic rings. The molecule has 2 aromatic carbocycles. The molecule has 0 spiro atoms. The fraction of sp³-hybridized carbons (Fsp3) is 0.250. The van der Waals surface area contributed by atoms with Gasteiger partial charge in [-0.15, -0.1) is 10.2 Å². The largest absolute Gasteiger partial charge is 0.411 e. The molecule has 0 atom stereocenters. The molecule has 0 saturated carbocycles. The lowest BCUT2D eigenvalue weighted by atomic mass is 10.0. The summed E-state index contributed by atoms with van der Waals surface area (Å²) in [5.41, 5.74) is 5.70. The molecule has 2 aromatic heterocycles. The van der Waals surface area contributed by atoms with E-state index in [2.05, 4.69) is 38.2 Å². The molecular weight excluding hydrogens is 440 g/mol. The summed E-state index contributed by atoms with van der Waals surface area (Å²) in [6.07, 6.45) is 4.81. The van der Waals surface area contributed by atoms with Crippen LogP contribution in [0.2, 0.25) is 5.02 Å². The molecule has 0 radical (unpaired) electrons. The van der Waals surface area contributed by atoms with Crippen molar-refractivity contribution in [2.45, 2.75) is 40.3 Å². The second kappa shape index (κ2) is 9.46. The van der Waals surface area contributed by atoms with Gasteiger partial charge < -0.3 is 15.1 Å². The number of hydrogen-bond acceptors (Lipinski definition) is 5. The van der Waals surface area contributed by atoms with Crippen molar-refractivity contribution in [3.05, 3.63) is 76.5 Å². The van der Waals surface area contributed by atoms with E-state index < -0.39 is 0 Å². The third-order valence-corrected chi connectivity index (χ3v) is 5.95. The first-order valence-electron chi connectivity index (χ1n) is 10.7. The number of carbonyl (C=O) groups is 1. The van der Waals surface area contributed by atoms with Crippen molar-refractivity contribution in [2.24, 2.45) is 5.16 Å². The van der Waals surface area contributed by atoms with Crippen molar-refractivity contribution >= 4 is 34.1 Å². The van der Waals surface area contributed by atoms with Crippen molar-refractivity contribution < 1.29 is 10.0 Å². The molecule has 0 aliphatic carbocycles. The van der Waals surface area contributed by atoms with Gasteiger partial charge in [0.05, 0.1) is 28.5 Å². The molecule has 0 saturated heterocycles. The van der Waals surface area contributed by atoms with Gasteiger partial charge in [-0.05, 0) is 50.6 Å². The highest BCUT2D eigenvalue weighted by Gasteiger charge is 2.20. The van der Waals surface area contributed by atoms with E-state index in [1.165, 1.54) is 0 Å². The first kappa shape index (κ1) is 22.5. The molecule has 2 N–H and O–H groups in total. The van der Waals surface area contributed by atoms with E-state index in [-0.39, 0.29) is 12.6 Å². The maximum atomic E-state index is 13.0. The molecule has 4 aromatic rings. The number of benzene rings is 2. The fourth-order valence-electron chi connectivity index (χ4n) is 4.08. The van der Waals surface area contributed by atoms with Gasteiger partial charge in [0.1, 0.15) is 12.7 Å². The van der Waals surface area contributed by atoms with Gasteiger partial charge in [0.2, 0.25) is 0 Å². The summed E-state index contributed by atoms with van der Waals surface area (Å²) in [4.78, 5) is 13.0. The highest BCUT2D eigenvalue weighted by atomic mass is 35.5. The van der Waals surface area contributed by atoms with Crippen LogP contribution in [0.3, 0.4) is 0 Å². The summed E-state index contributed by atoms with van der Waals surface area (Å²) in [6, 6.07) is 11.3. The molecule has 0 bridgehead atoms. The Balaban J connectivity index is 1.67. The predicted molar refractivity (Wildman–Crippen MR) is 129 cm³/mol. The molecule has 0 fully saturated rings. The van der Waals surface area contributed by atoms with Gasteiger partial charge in [0.25, 0.3) is 5.91 Å². The SMILES string of the molecule is CCCc1c(/C(C)=N/O)c2cc(C)ccc2n1CNC(=O)c1ccc(-n2cnnc2)cc1Cl. The van der Waals surface area contributed by atoms with Crippen LogP contribution < -0.4 is 5.32 Å². The zero-order valence-corrected chi connectivity index (χ0v) is 19.5. The van der Waals surface area contributed by atoms with Crippen LogP contribution in [0.5, 0.6) is 0 Å². The number of fused-ring (bicyclic) bond motifs is 1. The van der Waals surface area contributed by atoms with Crippen LogP contribution in [0.15, 0.2) is 54.2 Å². The number of hydrogen-bond donors (Lipinski definition) is 2. The van der Waals surface area contributed by atoms with Crippen molar-refractivity contribution in [2.75, 3.05) is 0 Å². The monoisotopic (exact) mass is 464 g/mol. The number of amides is 1. The minimum absolute atomic E-state index is 0.260. The van der Waals surface area contributed by atoms with Crippen LogP contribution in [-0.4, -0.2) is 36.2 Å². The Hall–Kier alpha value is -3.65. The lowest BCUT2D eigenvalue weighted by molar-refractivity contribution is 0.0942. The Morgan fingerprint density at radius 1 is 1.18 bits per heavy atom. The number of rotatable bonds is 7. The normalized spacial score (nSPS) is 11.8. The second-order valence-corrected chi connectivity index (χ2v) is 8.31. The van der Waals surface area contributed by atoms with Gasteiger partial charge in [-0.2, -0.15) is 0 Å². The maximum absolute atomic E-state index is 13.0. The number of halogens is 1. The summed E-state index contributed by atoms with van der Waals surface area (Å²) in [6.45, 7) is 6.17. The molecule has 0 unspecified atom stereocenters. The summed E-state index contributed by atoms with van der Waals surface area (Å²) in [7, 11) is 0. The lowest BCUT2D eigenvalue weighted by Crippen LogP contribution is -2.27. The van der Waals surface area contributed by atoms with E-state index >= 15 is 0 Å². The Bertz CT molecular complexity index is 1340. The molecule has 1 amide bonds. The number of carbonyl (C=O) groups excluding carboxylic acids is 1. The van der Waals surface area contributed by atoms with Gasteiger partial charge in [-0.3, -0.25) is 9.36 Å². The van der Waals surface area contributed by atoms with Crippen LogP contribution in [-0.2, 0) is 13.1 Å². The number of nitrogens with one attached hydrogen (secondary N) is 1. The minimum atomic E-state index is -0.277. The maximum Gasteiger partial charge on any atom is 0.254 e. The molecule has 4 rings (SSSR count). The molecule has 0 aliphatic heterocycles. The molecule has 170 valence electrons. The summed E-state index contributed by atoms with van der Waals surface area (Å²) in [5.74, 6) is -0.277. The highest BCUT2D eigenvalue weighted by molar-refractivity contribution is 6.34. The number of aryl methyl sites for hydroxylation is 1. The van der Waals surface area contributed by atoms with E-state index in [1.54, 1.807) is 42.3 Å². The van der Waals surface area contributed by atoms with Crippen LogP contribution in [0.1, 0.15) is 47.4 Å². The summed E-state index contributed by atoms with van der Waals surface area (Å²) >= 11 is 6.42. The first-order chi connectivity index (χ1) is 15.9. The minimum Gasteiger partial charge on any atom is -0.411 e. The smallest absolute Gasteiger partial charge is 0.254 e. The van der Waals surface area contributed by atoms with Crippen molar-refractivity contribution in [1.29, 1.82) is 0 Å². The quantitative estimate of drug-likeness (QED) is 0.235. The summed E-state index contributed by atoms with van der Waals surface area (Å²) < 4.78 is 3.78. The van der Waals surface area contributed by atoms with E-state index in [9.17, 15) is 10.0 Å². The van der Waals surface area contributed by atoms with E-state index in [1.807, 2.05) is 19.1 Å². The Labute approximate surface area is 196 Å². The van der Waals surface area contributed by atoms with Gasteiger partial charge in [0.15, 0.2) is 0 Å². The molecule has 33 heavy (non-hydrogen) atoms. The van der Waals surface area contributed by atoms with Crippen molar-refractivity contribution in [1.82, 2.24) is 24.6 Å². The van der Waals surface area contributed by atoms with Crippen molar-refractivity contribution in [3.8, 4) is 5.69 Å². The van der Waals surface area contributed by atoms with E-state index in [0.29, 0.717) is 16.3 Å². The average Bonchev–Trinajstić information content (AvgIpc) is 3.44. The molecule has 2 heterocycles. The van der Waals surface area contributed by atoms with Gasteiger partial charge in [-0.25, -0.2) is 0 Å². The number of oxime groups is 1. The third-order valence-electron chi connectivity index (χ3n) is 5.64. The zero-order chi connectivity index (χ0) is 23.5. The Morgan fingerprint density at radius 2 is 1.94 bits per heavy atom. The van der Waals surface area contributed by atoms with E-state index in [4.69, 9.17) is 11.6 Å². The molecular formula is C24H25ClN6O2. The van der Waals surface area contributed by atoms with Gasteiger partial charge in [-0.1, -0.05) is 41.7 Å². The van der Waals surface area contributed by atoms with Crippen LogP contribution >= 0.6 is 11.6 Å². The topological polar surface area (TPSA) is 97.3 Å². The number of aromatic nitrogens is 4. The highest BCUT2D eigenvalue weighted by Crippen LogP contribution is 2.29. The standard InChI is InChI=1S/C24H25ClN6O2/c1-4-5-22-23(16(3)29-33)19-10-15(2)6-9-21(19)31(22)12-26-24(32)18-8-7-17(11-20(18)25)30-13-27-28-14-30/h6-11,13-14,33H,4-5,12H2,1-3H3,(H,26,32)/b29-16+.